The third kappa shape index (κ3) is 1.13. The summed E-state index contributed by atoms with van der Waals surface area (Å²) >= 11 is 0. The van der Waals surface area contributed by atoms with Crippen molar-refractivity contribution in [2.24, 2.45) is 5.84 Å². The van der Waals surface area contributed by atoms with E-state index in [9.17, 15) is 4.79 Å². The van der Waals surface area contributed by atoms with Crippen LogP contribution in [0.5, 0.6) is 0 Å². The lowest BCUT2D eigenvalue weighted by atomic mass is 10.2. The number of rotatable bonds is 0. The minimum Gasteiger partial charge on any atom is -0.448 e. The first-order chi connectivity index (χ1) is 4.22. The molecule has 0 bridgehead atoms. The van der Waals surface area contributed by atoms with Crippen LogP contribution in [0.4, 0.5) is 4.79 Å². The summed E-state index contributed by atoms with van der Waals surface area (Å²) in [5, 5.41) is 1.11. The van der Waals surface area contributed by atoms with E-state index >= 15 is 0 Å². The van der Waals surface area contributed by atoms with Crippen molar-refractivity contribution >= 4 is 6.09 Å². The Kier molecular flexibility index (Phi) is 1.57. The van der Waals surface area contributed by atoms with Gasteiger partial charge in [0.1, 0.15) is 0 Å². The van der Waals surface area contributed by atoms with Gasteiger partial charge in [0.25, 0.3) is 0 Å². The first kappa shape index (κ1) is 6.35. The quantitative estimate of drug-likeness (QED) is 0.373. The van der Waals surface area contributed by atoms with Crippen LogP contribution >= 0.6 is 0 Å². The lowest BCUT2D eigenvalue weighted by molar-refractivity contribution is 0.0491. The summed E-state index contributed by atoms with van der Waals surface area (Å²) in [6.07, 6.45) is 0.399. The molecule has 1 atom stereocenters. The van der Waals surface area contributed by atoms with Gasteiger partial charge in [-0.15, -0.1) is 0 Å². The summed E-state index contributed by atoms with van der Waals surface area (Å²) in [7, 11) is 0. The second-order valence-corrected chi connectivity index (χ2v) is 2.16. The number of carbonyl (C=O) groups is 1. The highest BCUT2D eigenvalue weighted by Gasteiger charge is 2.22. The number of hydrazine groups is 1. The van der Waals surface area contributed by atoms with Crippen LogP contribution in [0.3, 0.4) is 0 Å². The molecule has 0 aromatic heterocycles. The zero-order valence-electron chi connectivity index (χ0n) is 5.33. The van der Waals surface area contributed by atoms with Crippen molar-refractivity contribution in [2.75, 3.05) is 6.61 Å². The van der Waals surface area contributed by atoms with Crippen LogP contribution in [-0.4, -0.2) is 23.8 Å². The van der Waals surface area contributed by atoms with Gasteiger partial charge in [-0.3, -0.25) is 0 Å². The van der Waals surface area contributed by atoms with Gasteiger partial charge in [-0.05, 0) is 6.92 Å². The fraction of sp³-hybridized carbons (Fsp3) is 0.800. The number of hydrogen-bond donors (Lipinski definition) is 1. The summed E-state index contributed by atoms with van der Waals surface area (Å²) in [6, 6.07) is 0.117. The van der Waals surface area contributed by atoms with Crippen LogP contribution in [0.25, 0.3) is 0 Å². The van der Waals surface area contributed by atoms with Crippen LogP contribution < -0.4 is 5.84 Å². The number of carbonyl (C=O) groups excluding carboxylic acids is 1. The molecule has 0 aliphatic carbocycles. The second kappa shape index (κ2) is 2.23. The third-order valence-corrected chi connectivity index (χ3v) is 1.45. The highest BCUT2D eigenvalue weighted by molar-refractivity contribution is 5.67. The molecule has 1 fully saturated rings. The minimum atomic E-state index is -0.422. The zero-order valence-corrected chi connectivity index (χ0v) is 5.33. The molecular formula is C5H10N2O2. The van der Waals surface area contributed by atoms with E-state index in [0.29, 0.717) is 6.61 Å². The molecule has 1 amide bonds. The number of nitrogens with zero attached hydrogens (tertiary/aromatic N) is 1. The fourth-order valence-corrected chi connectivity index (χ4v) is 0.710. The maximum atomic E-state index is 10.6. The minimum absolute atomic E-state index is 0.117. The molecule has 0 radical (unpaired) electrons. The van der Waals surface area contributed by atoms with Gasteiger partial charge in [0.15, 0.2) is 0 Å². The van der Waals surface area contributed by atoms with Gasteiger partial charge in [0, 0.05) is 6.42 Å². The predicted octanol–water partition coefficient (Wildman–Crippen LogP) is 0.0909. The van der Waals surface area contributed by atoms with E-state index in [4.69, 9.17) is 5.84 Å². The molecule has 1 aliphatic heterocycles. The average molecular weight is 130 g/mol. The molecule has 1 unspecified atom stereocenters. The van der Waals surface area contributed by atoms with Crippen LogP contribution in [0, 0.1) is 0 Å². The van der Waals surface area contributed by atoms with E-state index in [1.807, 2.05) is 6.92 Å². The summed E-state index contributed by atoms with van der Waals surface area (Å²) < 4.78 is 4.62. The zero-order chi connectivity index (χ0) is 6.85. The van der Waals surface area contributed by atoms with Gasteiger partial charge in [-0.25, -0.2) is 15.6 Å². The Morgan fingerprint density at radius 3 is 3.00 bits per heavy atom. The number of nitrogens with two attached hydrogens (primary N) is 1. The van der Waals surface area contributed by atoms with Crippen molar-refractivity contribution in [3.05, 3.63) is 0 Å². The molecule has 0 aromatic rings. The highest BCUT2D eigenvalue weighted by atomic mass is 16.6. The standard InChI is InChI=1S/C5H10N2O2/c1-4-2-3-9-5(8)7(4)6/h4H,2-3,6H2,1H3. The molecule has 4 heteroatoms. The SMILES string of the molecule is CC1CCOC(=O)N1N. The van der Waals surface area contributed by atoms with Crippen molar-refractivity contribution in [1.29, 1.82) is 0 Å². The van der Waals surface area contributed by atoms with Crippen LogP contribution in [0.2, 0.25) is 0 Å². The normalized spacial score (nSPS) is 28.0. The maximum absolute atomic E-state index is 10.6. The smallest absolute Gasteiger partial charge is 0.424 e. The molecule has 1 rings (SSSR count). The summed E-state index contributed by atoms with van der Waals surface area (Å²) in [6.45, 7) is 2.38. The molecule has 1 heterocycles. The molecule has 4 nitrogen and oxygen atoms in total. The molecular weight excluding hydrogens is 120 g/mol. The Labute approximate surface area is 53.5 Å². The van der Waals surface area contributed by atoms with Gasteiger partial charge in [0.05, 0.1) is 12.6 Å². The molecule has 52 valence electrons. The third-order valence-electron chi connectivity index (χ3n) is 1.45. The Bertz CT molecular complexity index is 126. The van der Waals surface area contributed by atoms with Crippen LogP contribution in [0.15, 0.2) is 0 Å². The van der Waals surface area contributed by atoms with Gasteiger partial charge < -0.3 is 4.74 Å². The Morgan fingerprint density at radius 2 is 2.56 bits per heavy atom. The Hall–Kier alpha value is -0.770. The van der Waals surface area contributed by atoms with Gasteiger partial charge in [-0.2, -0.15) is 0 Å². The molecule has 2 N–H and O–H groups in total. The largest absolute Gasteiger partial charge is 0.448 e. The molecule has 0 spiro atoms. The van der Waals surface area contributed by atoms with E-state index in [-0.39, 0.29) is 6.04 Å². The molecule has 9 heavy (non-hydrogen) atoms. The molecule has 0 saturated carbocycles. The van der Waals surface area contributed by atoms with Gasteiger partial charge in [-0.1, -0.05) is 0 Å². The lowest BCUT2D eigenvalue weighted by Gasteiger charge is -2.27. The van der Waals surface area contributed by atoms with Gasteiger partial charge >= 0.3 is 6.09 Å². The van der Waals surface area contributed by atoms with E-state index in [1.54, 1.807) is 0 Å². The average Bonchev–Trinajstić information content (AvgIpc) is 1.83. The predicted molar refractivity (Wildman–Crippen MR) is 31.5 cm³/mol. The molecule has 1 aliphatic rings. The van der Waals surface area contributed by atoms with Gasteiger partial charge in [0.2, 0.25) is 0 Å². The topological polar surface area (TPSA) is 55.6 Å². The van der Waals surface area contributed by atoms with E-state index in [0.717, 1.165) is 11.4 Å². The van der Waals surface area contributed by atoms with Crippen molar-refractivity contribution in [2.45, 2.75) is 19.4 Å². The van der Waals surface area contributed by atoms with E-state index in [1.165, 1.54) is 0 Å². The monoisotopic (exact) mass is 130 g/mol. The number of amides is 1. The van der Waals surface area contributed by atoms with E-state index in [2.05, 4.69) is 4.74 Å². The first-order valence-corrected chi connectivity index (χ1v) is 2.92. The number of ether oxygens (including phenoxy) is 1. The number of hydrogen-bond acceptors (Lipinski definition) is 3. The second-order valence-electron chi connectivity index (χ2n) is 2.16. The Morgan fingerprint density at radius 1 is 1.89 bits per heavy atom. The summed E-state index contributed by atoms with van der Waals surface area (Å²) in [4.78, 5) is 10.6. The van der Waals surface area contributed by atoms with Crippen LogP contribution in [-0.2, 0) is 4.74 Å². The van der Waals surface area contributed by atoms with Crippen molar-refractivity contribution < 1.29 is 9.53 Å². The van der Waals surface area contributed by atoms with Crippen molar-refractivity contribution in [3.8, 4) is 0 Å². The Balaban J connectivity index is 2.51. The van der Waals surface area contributed by atoms with Crippen LogP contribution in [0.1, 0.15) is 13.3 Å². The number of cyclic esters (lactones) is 1. The summed E-state index contributed by atoms with van der Waals surface area (Å²) in [5.41, 5.74) is 0. The van der Waals surface area contributed by atoms with Crippen molar-refractivity contribution in [3.63, 3.8) is 0 Å². The maximum Gasteiger partial charge on any atom is 0.424 e. The first-order valence-electron chi connectivity index (χ1n) is 2.92. The lowest BCUT2D eigenvalue weighted by Crippen LogP contribution is -2.48. The highest BCUT2D eigenvalue weighted by Crippen LogP contribution is 2.06. The van der Waals surface area contributed by atoms with E-state index < -0.39 is 6.09 Å². The fourth-order valence-electron chi connectivity index (χ4n) is 0.710. The summed E-state index contributed by atoms with van der Waals surface area (Å²) in [5.74, 6) is 5.28. The van der Waals surface area contributed by atoms with Crippen molar-refractivity contribution in [1.82, 2.24) is 5.01 Å². The molecule has 1 saturated heterocycles. The molecule has 0 aromatic carbocycles.